The van der Waals surface area contributed by atoms with Crippen molar-refractivity contribution in [1.29, 1.82) is 0 Å². The van der Waals surface area contributed by atoms with Crippen molar-refractivity contribution < 1.29 is 18.0 Å². The molecule has 0 bridgehead atoms. The zero-order chi connectivity index (χ0) is 24.8. The van der Waals surface area contributed by atoms with Crippen LogP contribution in [-0.2, 0) is 32.6 Å². The standard InChI is InChI=1S/C27H27N3O4S/c1-2-26(31)29-24-16-17-30(25-11-7-6-10-23(24)25)35(33,34)22-14-12-20(13-15-22)18-27(32)28-19-21-8-4-3-5-9-21/h2-15,24H,1,16-19H2,(H,28,32)(H,29,31). The van der Waals surface area contributed by atoms with Crippen molar-refractivity contribution in [2.45, 2.75) is 30.3 Å². The third kappa shape index (κ3) is 5.60. The molecule has 4 rings (SSSR count). The molecular weight excluding hydrogens is 462 g/mol. The van der Waals surface area contributed by atoms with E-state index >= 15 is 0 Å². The Morgan fingerprint density at radius 3 is 2.34 bits per heavy atom. The molecule has 2 N–H and O–H groups in total. The first kappa shape index (κ1) is 24.2. The molecule has 1 unspecified atom stereocenters. The SMILES string of the molecule is C=CC(=O)NC1CCN(S(=O)(=O)c2ccc(CC(=O)NCc3ccccc3)cc2)c2ccccc21. The lowest BCUT2D eigenvalue weighted by atomic mass is 9.98. The van der Waals surface area contributed by atoms with E-state index in [-0.39, 0.29) is 35.7 Å². The molecule has 8 heteroatoms. The molecule has 35 heavy (non-hydrogen) atoms. The van der Waals surface area contributed by atoms with Crippen LogP contribution in [0.3, 0.4) is 0 Å². The number of hydrogen-bond acceptors (Lipinski definition) is 4. The highest BCUT2D eigenvalue weighted by Gasteiger charge is 2.33. The minimum atomic E-state index is -3.82. The van der Waals surface area contributed by atoms with Gasteiger partial charge in [0.2, 0.25) is 11.8 Å². The monoisotopic (exact) mass is 489 g/mol. The molecule has 180 valence electrons. The lowest BCUT2D eigenvalue weighted by molar-refractivity contribution is -0.120. The Hall–Kier alpha value is -3.91. The summed E-state index contributed by atoms with van der Waals surface area (Å²) in [5.74, 6) is -0.438. The molecule has 7 nitrogen and oxygen atoms in total. The summed E-state index contributed by atoms with van der Waals surface area (Å²) in [6, 6.07) is 22.9. The molecular formula is C27H27N3O4S. The largest absolute Gasteiger partial charge is 0.352 e. The zero-order valence-corrected chi connectivity index (χ0v) is 20.0. The summed E-state index contributed by atoms with van der Waals surface area (Å²) in [7, 11) is -3.82. The summed E-state index contributed by atoms with van der Waals surface area (Å²) >= 11 is 0. The highest BCUT2D eigenvalue weighted by Crippen LogP contribution is 2.37. The van der Waals surface area contributed by atoms with Gasteiger partial charge in [-0.15, -0.1) is 0 Å². The summed E-state index contributed by atoms with van der Waals surface area (Å²) in [5.41, 5.74) is 3.01. The topological polar surface area (TPSA) is 95.6 Å². The van der Waals surface area contributed by atoms with Gasteiger partial charge in [-0.2, -0.15) is 0 Å². The number of hydrogen-bond donors (Lipinski definition) is 2. The molecule has 1 aliphatic heterocycles. The molecule has 0 saturated carbocycles. The number of anilines is 1. The molecule has 0 aliphatic carbocycles. The maximum absolute atomic E-state index is 13.5. The predicted octanol–water partition coefficient (Wildman–Crippen LogP) is 3.49. The third-order valence-electron chi connectivity index (χ3n) is 5.91. The number of nitrogens with zero attached hydrogens (tertiary/aromatic N) is 1. The Bertz CT molecular complexity index is 1320. The first-order valence-corrected chi connectivity index (χ1v) is 12.8. The van der Waals surface area contributed by atoms with E-state index in [0.717, 1.165) is 16.7 Å². The van der Waals surface area contributed by atoms with Gasteiger partial charge < -0.3 is 10.6 Å². The second kappa shape index (κ2) is 10.6. The molecule has 0 radical (unpaired) electrons. The molecule has 0 aromatic heterocycles. The highest BCUT2D eigenvalue weighted by atomic mass is 32.2. The summed E-state index contributed by atoms with van der Waals surface area (Å²) in [5, 5.41) is 5.74. The highest BCUT2D eigenvalue weighted by molar-refractivity contribution is 7.92. The number of benzene rings is 3. The normalized spacial score (nSPS) is 15.1. The summed E-state index contributed by atoms with van der Waals surface area (Å²) in [6.45, 7) is 4.15. The zero-order valence-electron chi connectivity index (χ0n) is 19.2. The van der Waals surface area contributed by atoms with Gasteiger partial charge in [-0.05, 0) is 47.4 Å². The molecule has 3 aromatic carbocycles. The molecule has 2 amide bonds. The van der Waals surface area contributed by atoms with Gasteiger partial charge in [0, 0.05) is 13.1 Å². The van der Waals surface area contributed by atoms with Crippen molar-refractivity contribution in [1.82, 2.24) is 10.6 Å². The summed E-state index contributed by atoms with van der Waals surface area (Å²) < 4.78 is 28.3. The van der Waals surface area contributed by atoms with E-state index in [1.807, 2.05) is 42.5 Å². The smallest absolute Gasteiger partial charge is 0.264 e. The van der Waals surface area contributed by atoms with Crippen LogP contribution in [0, 0.1) is 0 Å². The Labute approximate surface area is 205 Å². The van der Waals surface area contributed by atoms with Gasteiger partial charge in [0.05, 0.1) is 23.0 Å². The number of nitrogens with one attached hydrogen (secondary N) is 2. The van der Waals surface area contributed by atoms with E-state index in [0.29, 0.717) is 18.7 Å². The van der Waals surface area contributed by atoms with Crippen LogP contribution in [0.25, 0.3) is 0 Å². The lowest BCUT2D eigenvalue weighted by Gasteiger charge is -2.35. The molecule has 0 spiro atoms. The Morgan fingerprint density at radius 1 is 0.943 bits per heavy atom. The number of rotatable bonds is 8. The van der Waals surface area contributed by atoms with E-state index in [4.69, 9.17) is 0 Å². The van der Waals surface area contributed by atoms with Gasteiger partial charge in [0.25, 0.3) is 10.0 Å². The van der Waals surface area contributed by atoms with E-state index in [1.54, 1.807) is 24.3 Å². The number of carbonyl (C=O) groups excluding carboxylic acids is 2. The van der Waals surface area contributed by atoms with Crippen LogP contribution >= 0.6 is 0 Å². The Balaban J connectivity index is 1.46. The fourth-order valence-corrected chi connectivity index (χ4v) is 5.62. The van der Waals surface area contributed by atoms with Crippen LogP contribution in [0.1, 0.15) is 29.2 Å². The average molecular weight is 490 g/mol. The van der Waals surface area contributed by atoms with Gasteiger partial charge >= 0.3 is 0 Å². The third-order valence-corrected chi connectivity index (χ3v) is 7.74. The summed E-state index contributed by atoms with van der Waals surface area (Å²) in [6.07, 6.45) is 1.80. The summed E-state index contributed by atoms with van der Waals surface area (Å²) in [4.78, 5) is 24.3. The van der Waals surface area contributed by atoms with Crippen LogP contribution in [0.15, 0.2) is 96.4 Å². The molecule has 3 aromatic rings. The van der Waals surface area contributed by atoms with Crippen molar-refractivity contribution in [3.05, 3.63) is 108 Å². The van der Waals surface area contributed by atoms with Gasteiger partial charge in [-0.1, -0.05) is 67.2 Å². The van der Waals surface area contributed by atoms with Crippen LogP contribution in [0.4, 0.5) is 5.69 Å². The van der Waals surface area contributed by atoms with E-state index in [2.05, 4.69) is 17.2 Å². The van der Waals surface area contributed by atoms with E-state index in [1.165, 1.54) is 22.5 Å². The van der Waals surface area contributed by atoms with Crippen LogP contribution in [-0.4, -0.2) is 26.8 Å². The number of fused-ring (bicyclic) bond motifs is 1. The van der Waals surface area contributed by atoms with Crippen molar-refractivity contribution in [2.24, 2.45) is 0 Å². The lowest BCUT2D eigenvalue weighted by Crippen LogP contribution is -2.40. The molecule has 1 atom stereocenters. The van der Waals surface area contributed by atoms with Crippen LogP contribution in [0.5, 0.6) is 0 Å². The van der Waals surface area contributed by atoms with Crippen molar-refractivity contribution >= 4 is 27.5 Å². The van der Waals surface area contributed by atoms with Crippen LogP contribution < -0.4 is 14.9 Å². The predicted molar refractivity (Wildman–Crippen MR) is 135 cm³/mol. The Kier molecular flexibility index (Phi) is 7.31. The fraction of sp³-hybridized carbons (Fsp3) is 0.185. The minimum absolute atomic E-state index is 0.137. The number of amides is 2. The molecule has 1 heterocycles. The Morgan fingerprint density at radius 2 is 1.63 bits per heavy atom. The molecule has 1 aliphatic rings. The quantitative estimate of drug-likeness (QED) is 0.474. The minimum Gasteiger partial charge on any atom is -0.352 e. The maximum atomic E-state index is 13.5. The van der Waals surface area contributed by atoms with Gasteiger partial charge in [0.15, 0.2) is 0 Å². The number of para-hydroxylation sites is 1. The van der Waals surface area contributed by atoms with Crippen LogP contribution in [0.2, 0.25) is 0 Å². The van der Waals surface area contributed by atoms with E-state index in [9.17, 15) is 18.0 Å². The number of sulfonamides is 1. The number of carbonyl (C=O) groups is 2. The fourth-order valence-electron chi connectivity index (χ4n) is 4.11. The first-order chi connectivity index (χ1) is 16.9. The first-order valence-electron chi connectivity index (χ1n) is 11.3. The van der Waals surface area contributed by atoms with Gasteiger partial charge in [0.1, 0.15) is 0 Å². The maximum Gasteiger partial charge on any atom is 0.264 e. The van der Waals surface area contributed by atoms with Crippen molar-refractivity contribution in [3.8, 4) is 0 Å². The van der Waals surface area contributed by atoms with Gasteiger partial charge in [-0.25, -0.2) is 8.42 Å². The average Bonchev–Trinajstić information content (AvgIpc) is 2.88. The van der Waals surface area contributed by atoms with E-state index < -0.39 is 10.0 Å². The molecule has 0 fully saturated rings. The van der Waals surface area contributed by atoms with Gasteiger partial charge in [-0.3, -0.25) is 13.9 Å². The second-order valence-electron chi connectivity index (χ2n) is 8.27. The molecule has 0 saturated heterocycles. The van der Waals surface area contributed by atoms with Crippen molar-refractivity contribution in [2.75, 3.05) is 10.8 Å². The van der Waals surface area contributed by atoms with Crippen molar-refractivity contribution in [3.63, 3.8) is 0 Å². The second-order valence-corrected chi connectivity index (χ2v) is 10.1.